The molecular formula is C16H26ClNO2. The van der Waals surface area contributed by atoms with Crippen LogP contribution < -0.4 is 4.74 Å². The number of piperidine rings is 1. The van der Waals surface area contributed by atoms with Crippen LogP contribution in [0.1, 0.15) is 30.4 Å². The molecule has 0 amide bonds. The number of aliphatic hydroxyl groups excluding tert-OH is 1. The molecule has 1 heterocycles. The fraction of sp³-hybridized carbons (Fsp3) is 0.625. The number of aryl methyl sites for hydroxylation is 2. The number of likely N-dealkylation sites (tertiary alicyclic amines) is 1. The number of nitrogens with zero attached hydrogens (tertiary/aromatic N) is 1. The molecule has 1 aromatic carbocycles. The maximum Gasteiger partial charge on any atom is 0.122 e. The van der Waals surface area contributed by atoms with Crippen molar-refractivity contribution in [2.24, 2.45) is 0 Å². The second-order valence-electron chi connectivity index (χ2n) is 5.60. The molecule has 0 aromatic heterocycles. The molecule has 20 heavy (non-hydrogen) atoms. The standard InChI is InChI=1S/C16H25NO2.ClH/c1-13-6-7-16(14(2)10-13)19-12-15(18)11-17-8-4-3-5-9-17;/h6-7,10,15,18H,3-5,8-9,11-12H2,1-2H3;1H. The van der Waals surface area contributed by atoms with E-state index in [1.807, 2.05) is 19.1 Å². The highest BCUT2D eigenvalue weighted by Gasteiger charge is 2.15. The van der Waals surface area contributed by atoms with Crippen LogP contribution in [-0.4, -0.2) is 42.4 Å². The van der Waals surface area contributed by atoms with Crippen molar-refractivity contribution in [2.75, 3.05) is 26.2 Å². The Morgan fingerprint density at radius 1 is 1.20 bits per heavy atom. The topological polar surface area (TPSA) is 32.7 Å². The molecule has 1 aliphatic rings. The van der Waals surface area contributed by atoms with Crippen LogP contribution in [-0.2, 0) is 0 Å². The molecule has 2 rings (SSSR count). The molecule has 0 bridgehead atoms. The SMILES string of the molecule is Cc1ccc(OCC(O)CN2CCCCC2)c(C)c1.Cl. The van der Waals surface area contributed by atoms with Gasteiger partial charge in [-0.05, 0) is 51.4 Å². The van der Waals surface area contributed by atoms with E-state index >= 15 is 0 Å². The van der Waals surface area contributed by atoms with Crippen LogP contribution in [0, 0.1) is 13.8 Å². The van der Waals surface area contributed by atoms with Gasteiger partial charge in [0.25, 0.3) is 0 Å². The van der Waals surface area contributed by atoms with Gasteiger partial charge in [0.15, 0.2) is 0 Å². The second-order valence-corrected chi connectivity index (χ2v) is 5.60. The Balaban J connectivity index is 0.00000200. The van der Waals surface area contributed by atoms with Gasteiger partial charge in [0.05, 0.1) is 0 Å². The Hall–Kier alpha value is -0.770. The van der Waals surface area contributed by atoms with Crippen molar-refractivity contribution in [1.29, 1.82) is 0 Å². The summed E-state index contributed by atoms with van der Waals surface area (Å²) in [7, 11) is 0. The molecule has 1 fully saturated rings. The Labute approximate surface area is 128 Å². The number of halogens is 1. The van der Waals surface area contributed by atoms with Crippen LogP contribution in [0.2, 0.25) is 0 Å². The average molecular weight is 300 g/mol. The molecule has 0 saturated carbocycles. The molecule has 3 nitrogen and oxygen atoms in total. The molecule has 1 N–H and O–H groups in total. The van der Waals surface area contributed by atoms with Crippen molar-refractivity contribution < 1.29 is 9.84 Å². The Morgan fingerprint density at radius 2 is 1.90 bits per heavy atom. The highest BCUT2D eigenvalue weighted by Crippen LogP contribution is 2.19. The molecule has 114 valence electrons. The summed E-state index contributed by atoms with van der Waals surface area (Å²) in [6.45, 7) is 7.44. The molecular weight excluding hydrogens is 274 g/mol. The van der Waals surface area contributed by atoms with E-state index in [4.69, 9.17) is 4.74 Å². The number of ether oxygens (including phenoxy) is 1. The van der Waals surface area contributed by atoms with Crippen LogP contribution in [0.4, 0.5) is 0 Å². The minimum absolute atomic E-state index is 0. The number of β-amino-alcohol motifs (C(OH)–C–C–N with tert-alkyl or cyclic N) is 1. The summed E-state index contributed by atoms with van der Waals surface area (Å²) in [5.74, 6) is 0.878. The first-order valence-corrected chi connectivity index (χ1v) is 7.25. The Morgan fingerprint density at radius 3 is 2.55 bits per heavy atom. The highest BCUT2D eigenvalue weighted by atomic mass is 35.5. The van der Waals surface area contributed by atoms with E-state index < -0.39 is 6.10 Å². The number of rotatable bonds is 5. The summed E-state index contributed by atoms with van der Waals surface area (Å²) in [6, 6.07) is 6.13. The first-order valence-electron chi connectivity index (χ1n) is 7.25. The molecule has 4 heteroatoms. The van der Waals surface area contributed by atoms with Crippen molar-refractivity contribution in [3.8, 4) is 5.75 Å². The molecule has 0 spiro atoms. The summed E-state index contributed by atoms with van der Waals surface area (Å²) < 4.78 is 5.72. The van der Waals surface area contributed by atoms with E-state index in [0.29, 0.717) is 6.61 Å². The largest absolute Gasteiger partial charge is 0.491 e. The Bertz CT molecular complexity index is 405. The lowest BCUT2D eigenvalue weighted by Gasteiger charge is -2.28. The fourth-order valence-electron chi connectivity index (χ4n) is 2.64. The summed E-state index contributed by atoms with van der Waals surface area (Å²) in [5, 5.41) is 10.0. The predicted molar refractivity (Wildman–Crippen MR) is 85.0 cm³/mol. The third-order valence-electron chi connectivity index (χ3n) is 3.68. The van der Waals surface area contributed by atoms with E-state index in [-0.39, 0.29) is 12.4 Å². The average Bonchev–Trinajstić information content (AvgIpc) is 2.39. The third kappa shape index (κ3) is 5.31. The van der Waals surface area contributed by atoms with E-state index in [2.05, 4.69) is 17.9 Å². The summed E-state index contributed by atoms with van der Waals surface area (Å²) in [4.78, 5) is 2.33. The van der Waals surface area contributed by atoms with Crippen LogP contribution >= 0.6 is 12.4 Å². The number of hydrogen-bond donors (Lipinski definition) is 1. The van der Waals surface area contributed by atoms with Crippen molar-refractivity contribution in [3.63, 3.8) is 0 Å². The van der Waals surface area contributed by atoms with Gasteiger partial charge in [-0.2, -0.15) is 0 Å². The fourth-order valence-corrected chi connectivity index (χ4v) is 2.64. The van der Waals surface area contributed by atoms with Crippen LogP contribution in [0.5, 0.6) is 5.75 Å². The second kappa shape index (κ2) is 8.50. The van der Waals surface area contributed by atoms with Crippen molar-refractivity contribution >= 4 is 12.4 Å². The maximum atomic E-state index is 10.0. The van der Waals surface area contributed by atoms with Crippen molar-refractivity contribution in [3.05, 3.63) is 29.3 Å². The molecule has 1 aromatic rings. The van der Waals surface area contributed by atoms with Gasteiger partial charge in [0.2, 0.25) is 0 Å². The molecule has 0 radical (unpaired) electrons. The number of benzene rings is 1. The number of aliphatic hydroxyl groups is 1. The van der Waals surface area contributed by atoms with Gasteiger partial charge in [0.1, 0.15) is 18.5 Å². The monoisotopic (exact) mass is 299 g/mol. The quantitative estimate of drug-likeness (QED) is 0.907. The minimum Gasteiger partial charge on any atom is -0.491 e. The third-order valence-corrected chi connectivity index (χ3v) is 3.68. The van der Waals surface area contributed by atoms with E-state index in [9.17, 15) is 5.11 Å². The van der Waals surface area contributed by atoms with Crippen molar-refractivity contribution in [2.45, 2.75) is 39.2 Å². The summed E-state index contributed by atoms with van der Waals surface area (Å²) >= 11 is 0. The Kier molecular flexibility index (Phi) is 7.35. The lowest BCUT2D eigenvalue weighted by molar-refractivity contribution is 0.0615. The normalized spacial score (nSPS) is 17.4. The van der Waals surface area contributed by atoms with Gasteiger partial charge < -0.3 is 14.7 Å². The zero-order chi connectivity index (χ0) is 13.7. The van der Waals surface area contributed by atoms with Crippen LogP contribution in [0.15, 0.2) is 18.2 Å². The summed E-state index contributed by atoms with van der Waals surface area (Å²) in [6.07, 6.45) is 3.43. The van der Waals surface area contributed by atoms with Crippen molar-refractivity contribution in [1.82, 2.24) is 4.90 Å². The zero-order valence-electron chi connectivity index (χ0n) is 12.5. The van der Waals surface area contributed by atoms with Gasteiger partial charge in [-0.1, -0.05) is 24.1 Å². The van der Waals surface area contributed by atoms with E-state index in [0.717, 1.165) is 30.9 Å². The summed E-state index contributed by atoms with van der Waals surface area (Å²) in [5.41, 5.74) is 2.36. The highest BCUT2D eigenvalue weighted by molar-refractivity contribution is 5.85. The minimum atomic E-state index is -0.404. The van der Waals surface area contributed by atoms with E-state index in [1.54, 1.807) is 0 Å². The predicted octanol–water partition coefficient (Wildman–Crippen LogP) is 2.95. The lowest BCUT2D eigenvalue weighted by Crippen LogP contribution is -2.38. The molecule has 1 atom stereocenters. The molecule has 1 saturated heterocycles. The van der Waals surface area contributed by atoms with Gasteiger partial charge in [-0.15, -0.1) is 12.4 Å². The molecule has 1 unspecified atom stereocenters. The first-order chi connectivity index (χ1) is 9.15. The van der Waals surface area contributed by atoms with Gasteiger partial charge in [-0.25, -0.2) is 0 Å². The van der Waals surface area contributed by atoms with Gasteiger partial charge in [-0.3, -0.25) is 0 Å². The number of hydrogen-bond acceptors (Lipinski definition) is 3. The van der Waals surface area contributed by atoms with Crippen LogP contribution in [0.3, 0.4) is 0 Å². The lowest BCUT2D eigenvalue weighted by atomic mass is 10.1. The van der Waals surface area contributed by atoms with Crippen LogP contribution in [0.25, 0.3) is 0 Å². The zero-order valence-corrected chi connectivity index (χ0v) is 13.3. The first kappa shape index (κ1) is 17.3. The van der Waals surface area contributed by atoms with E-state index in [1.165, 1.54) is 24.8 Å². The maximum absolute atomic E-state index is 10.0. The smallest absolute Gasteiger partial charge is 0.122 e. The molecule has 1 aliphatic heterocycles. The van der Waals surface area contributed by atoms with Gasteiger partial charge >= 0.3 is 0 Å². The molecule has 0 aliphatic carbocycles. The van der Waals surface area contributed by atoms with Gasteiger partial charge in [0, 0.05) is 6.54 Å².